The summed E-state index contributed by atoms with van der Waals surface area (Å²) < 4.78 is 7.78. The minimum absolute atomic E-state index is 0.0197. The van der Waals surface area contributed by atoms with Gasteiger partial charge in [0.2, 0.25) is 0 Å². The van der Waals surface area contributed by atoms with Crippen LogP contribution in [0.25, 0.3) is 10.9 Å². The highest BCUT2D eigenvalue weighted by atomic mass is 35.5. The van der Waals surface area contributed by atoms with Gasteiger partial charge in [-0.3, -0.25) is 9.59 Å². The van der Waals surface area contributed by atoms with Crippen molar-refractivity contribution in [1.29, 1.82) is 0 Å². The van der Waals surface area contributed by atoms with Crippen molar-refractivity contribution in [3.8, 4) is 0 Å². The first-order valence-corrected chi connectivity index (χ1v) is 10.7. The molecule has 0 radical (unpaired) electrons. The molecule has 1 saturated heterocycles. The number of amides is 2. The summed E-state index contributed by atoms with van der Waals surface area (Å²) in [6, 6.07) is 12.7. The first-order valence-electron chi connectivity index (χ1n) is 10.3. The Balaban J connectivity index is 1.64. The number of rotatable bonds is 4. The SMILES string of the molecule is CN(C)C(=O)c1ccc2c(c1)c(C[C@H]1COCCN1C(=O)c1ccc(Cl)cc1)cn2C. The molecule has 3 aromatic rings. The van der Waals surface area contributed by atoms with Gasteiger partial charge in [0.05, 0.1) is 19.3 Å². The monoisotopic (exact) mass is 439 g/mol. The highest BCUT2D eigenvalue weighted by Gasteiger charge is 2.29. The second kappa shape index (κ2) is 8.73. The van der Waals surface area contributed by atoms with Gasteiger partial charge in [-0.2, -0.15) is 0 Å². The number of hydrogen-bond acceptors (Lipinski definition) is 3. The average molecular weight is 440 g/mol. The van der Waals surface area contributed by atoms with Crippen molar-refractivity contribution >= 4 is 34.3 Å². The maximum Gasteiger partial charge on any atom is 0.254 e. The zero-order valence-electron chi connectivity index (χ0n) is 18.0. The van der Waals surface area contributed by atoms with E-state index in [-0.39, 0.29) is 17.9 Å². The Kier molecular flexibility index (Phi) is 6.03. The number of hydrogen-bond donors (Lipinski definition) is 0. The van der Waals surface area contributed by atoms with Crippen molar-refractivity contribution in [2.24, 2.45) is 7.05 Å². The van der Waals surface area contributed by atoms with E-state index in [1.165, 1.54) is 0 Å². The fraction of sp³-hybridized carbons (Fsp3) is 0.333. The summed E-state index contributed by atoms with van der Waals surface area (Å²) in [6.45, 7) is 1.54. The zero-order valence-corrected chi connectivity index (χ0v) is 18.7. The van der Waals surface area contributed by atoms with Gasteiger partial charge in [-0.1, -0.05) is 11.6 Å². The summed E-state index contributed by atoms with van der Waals surface area (Å²) in [5.41, 5.74) is 3.42. The molecule has 7 heteroatoms. The molecule has 1 atom stereocenters. The normalized spacial score (nSPS) is 16.5. The number of aryl methyl sites for hydroxylation is 1. The lowest BCUT2D eigenvalue weighted by Gasteiger charge is -2.35. The molecule has 31 heavy (non-hydrogen) atoms. The summed E-state index contributed by atoms with van der Waals surface area (Å²) in [5.74, 6) is -0.0501. The Bertz CT molecular complexity index is 1120. The molecule has 2 amide bonds. The zero-order chi connectivity index (χ0) is 22.1. The van der Waals surface area contributed by atoms with Crippen LogP contribution in [0.1, 0.15) is 26.3 Å². The molecule has 0 aliphatic carbocycles. The molecule has 2 aromatic carbocycles. The molecule has 0 bridgehead atoms. The third kappa shape index (κ3) is 4.31. The number of carbonyl (C=O) groups excluding carboxylic acids is 2. The van der Waals surface area contributed by atoms with Gasteiger partial charge in [0.15, 0.2) is 0 Å². The van der Waals surface area contributed by atoms with Crippen LogP contribution < -0.4 is 0 Å². The largest absolute Gasteiger partial charge is 0.377 e. The molecule has 0 saturated carbocycles. The number of aromatic nitrogens is 1. The van der Waals surface area contributed by atoms with Gasteiger partial charge in [0, 0.05) is 60.9 Å². The predicted molar refractivity (Wildman–Crippen MR) is 122 cm³/mol. The third-order valence-corrected chi connectivity index (χ3v) is 6.01. The minimum atomic E-state index is -0.0873. The van der Waals surface area contributed by atoms with Gasteiger partial charge >= 0.3 is 0 Å². The lowest BCUT2D eigenvalue weighted by Crippen LogP contribution is -2.49. The predicted octanol–water partition coefficient (Wildman–Crippen LogP) is 3.62. The van der Waals surface area contributed by atoms with E-state index in [1.54, 1.807) is 43.3 Å². The number of morpholine rings is 1. The number of fused-ring (bicyclic) bond motifs is 1. The highest BCUT2D eigenvalue weighted by molar-refractivity contribution is 6.30. The van der Waals surface area contributed by atoms with Crippen LogP contribution in [0.4, 0.5) is 0 Å². The Morgan fingerprint density at radius 1 is 1.13 bits per heavy atom. The molecule has 6 nitrogen and oxygen atoms in total. The molecule has 0 spiro atoms. The maximum absolute atomic E-state index is 13.2. The second-order valence-corrected chi connectivity index (χ2v) is 8.57. The van der Waals surface area contributed by atoms with E-state index in [9.17, 15) is 9.59 Å². The number of halogens is 1. The number of ether oxygens (including phenoxy) is 1. The van der Waals surface area contributed by atoms with Gasteiger partial charge in [-0.25, -0.2) is 0 Å². The molecular weight excluding hydrogens is 414 g/mol. The molecule has 2 heterocycles. The summed E-state index contributed by atoms with van der Waals surface area (Å²) in [7, 11) is 5.49. The summed E-state index contributed by atoms with van der Waals surface area (Å²) in [5, 5.41) is 1.63. The van der Waals surface area contributed by atoms with Crippen molar-refractivity contribution in [2.45, 2.75) is 12.5 Å². The standard InChI is InChI=1S/C24H26ClN3O3/c1-26(2)23(29)17-6-9-22-21(13-17)18(14-27(22)3)12-20-15-31-11-10-28(20)24(30)16-4-7-19(25)8-5-16/h4-9,13-14,20H,10-12,15H2,1-3H3/t20-/m0/s1. The van der Waals surface area contributed by atoms with Crippen molar-refractivity contribution in [3.05, 3.63) is 70.4 Å². The molecule has 162 valence electrons. The van der Waals surface area contributed by atoms with Crippen LogP contribution in [0.5, 0.6) is 0 Å². The summed E-state index contributed by atoms with van der Waals surface area (Å²) in [4.78, 5) is 29.1. The number of benzene rings is 2. The van der Waals surface area contributed by atoms with Crippen LogP contribution in [-0.2, 0) is 18.2 Å². The Morgan fingerprint density at radius 2 is 1.84 bits per heavy atom. The minimum Gasteiger partial charge on any atom is -0.377 e. The first kappa shape index (κ1) is 21.4. The van der Waals surface area contributed by atoms with Gasteiger partial charge < -0.3 is 19.1 Å². The second-order valence-electron chi connectivity index (χ2n) is 8.14. The van der Waals surface area contributed by atoms with Crippen LogP contribution in [0.3, 0.4) is 0 Å². The van der Waals surface area contributed by atoms with E-state index < -0.39 is 0 Å². The fourth-order valence-corrected chi connectivity index (χ4v) is 4.26. The van der Waals surface area contributed by atoms with E-state index >= 15 is 0 Å². The Labute approximate surface area is 186 Å². The number of carbonyl (C=O) groups is 2. The summed E-state index contributed by atoms with van der Waals surface area (Å²) >= 11 is 5.98. The lowest BCUT2D eigenvalue weighted by molar-refractivity contribution is -0.00156. The van der Waals surface area contributed by atoms with Gasteiger partial charge in [0.1, 0.15) is 0 Å². The van der Waals surface area contributed by atoms with Crippen LogP contribution in [-0.4, -0.2) is 66.1 Å². The van der Waals surface area contributed by atoms with E-state index in [2.05, 4.69) is 10.8 Å². The van der Waals surface area contributed by atoms with E-state index in [0.717, 1.165) is 16.5 Å². The highest BCUT2D eigenvalue weighted by Crippen LogP contribution is 2.26. The Morgan fingerprint density at radius 3 is 2.55 bits per heavy atom. The number of nitrogens with zero attached hydrogens (tertiary/aromatic N) is 3. The van der Waals surface area contributed by atoms with Crippen molar-refractivity contribution in [1.82, 2.24) is 14.4 Å². The first-order chi connectivity index (χ1) is 14.8. The molecule has 1 aromatic heterocycles. The van der Waals surface area contributed by atoms with Crippen molar-refractivity contribution < 1.29 is 14.3 Å². The van der Waals surface area contributed by atoms with Crippen LogP contribution in [0, 0.1) is 0 Å². The van der Waals surface area contributed by atoms with Crippen LogP contribution in [0.15, 0.2) is 48.7 Å². The van der Waals surface area contributed by atoms with Crippen molar-refractivity contribution in [2.75, 3.05) is 33.9 Å². The summed E-state index contributed by atoms with van der Waals surface area (Å²) in [6.07, 6.45) is 2.73. The molecule has 0 unspecified atom stereocenters. The quantitative estimate of drug-likeness (QED) is 0.624. The third-order valence-electron chi connectivity index (χ3n) is 5.76. The molecule has 1 fully saturated rings. The maximum atomic E-state index is 13.2. The van der Waals surface area contributed by atoms with E-state index in [4.69, 9.17) is 16.3 Å². The molecule has 1 aliphatic rings. The van der Waals surface area contributed by atoms with Gasteiger partial charge in [0.25, 0.3) is 11.8 Å². The van der Waals surface area contributed by atoms with Gasteiger partial charge in [-0.15, -0.1) is 0 Å². The average Bonchev–Trinajstić information content (AvgIpc) is 3.08. The van der Waals surface area contributed by atoms with Crippen molar-refractivity contribution in [3.63, 3.8) is 0 Å². The molecular formula is C24H26ClN3O3. The van der Waals surface area contributed by atoms with E-state index in [1.807, 2.05) is 30.1 Å². The van der Waals surface area contributed by atoms with E-state index in [0.29, 0.717) is 42.3 Å². The Hall–Kier alpha value is -2.83. The smallest absolute Gasteiger partial charge is 0.254 e. The lowest BCUT2D eigenvalue weighted by atomic mass is 10.0. The molecule has 1 aliphatic heterocycles. The molecule has 0 N–H and O–H groups in total. The molecule has 4 rings (SSSR count). The fourth-order valence-electron chi connectivity index (χ4n) is 4.13. The van der Waals surface area contributed by atoms with Crippen LogP contribution in [0.2, 0.25) is 5.02 Å². The van der Waals surface area contributed by atoms with Crippen LogP contribution >= 0.6 is 11.6 Å². The van der Waals surface area contributed by atoms with Gasteiger partial charge in [-0.05, 0) is 54.4 Å². The topological polar surface area (TPSA) is 54.8 Å².